The van der Waals surface area contributed by atoms with Crippen molar-refractivity contribution in [3.05, 3.63) is 47.3 Å². The van der Waals surface area contributed by atoms with Crippen molar-refractivity contribution in [1.29, 1.82) is 0 Å². The number of halogens is 3. The number of benzene rings is 1. The molecule has 5 nitrogen and oxygen atoms in total. The van der Waals surface area contributed by atoms with Gasteiger partial charge < -0.3 is 4.74 Å². The van der Waals surface area contributed by atoms with E-state index in [1.807, 2.05) is 0 Å². The monoisotopic (exact) mass is 348 g/mol. The second kappa shape index (κ2) is 6.23. The maximum Gasteiger partial charge on any atom is 0.573 e. The molecule has 0 atom stereocenters. The first-order valence-corrected chi connectivity index (χ1v) is 8.41. The van der Waals surface area contributed by atoms with Gasteiger partial charge in [0.2, 0.25) is 0 Å². The zero-order chi connectivity index (χ0) is 17.3. The molecule has 2 aromatic rings. The number of aromatic nitrogens is 2. The van der Waals surface area contributed by atoms with Crippen LogP contribution in [0.25, 0.3) is 0 Å². The van der Waals surface area contributed by atoms with E-state index in [4.69, 9.17) is 0 Å². The summed E-state index contributed by atoms with van der Waals surface area (Å²) in [6, 6.07) is 5.20. The van der Waals surface area contributed by atoms with Crippen LogP contribution in [0.1, 0.15) is 16.8 Å². The van der Waals surface area contributed by atoms with Crippen LogP contribution in [0.2, 0.25) is 0 Å². The van der Waals surface area contributed by atoms with Gasteiger partial charge in [-0.15, -0.1) is 13.2 Å². The molecule has 23 heavy (non-hydrogen) atoms. The van der Waals surface area contributed by atoms with Gasteiger partial charge in [0.05, 0.1) is 23.4 Å². The van der Waals surface area contributed by atoms with Crippen molar-refractivity contribution in [3.63, 3.8) is 0 Å². The van der Waals surface area contributed by atoms with E-state index < -0.39 is 27.7 Å². The quantitative estimate of drug-likeness (QED) is 0.834. The minimum atomic E-state index is -4.88. The fraction of sp³-hybridized carbons (Fsp3) is 0.357. The largest absolute Gasteiger partial charge is 0.573 e. The predicted molar refractivity (Wildman–Crippen MR) is 77.4 cm³/mol. The van der Waals surface area contributed by atoms with Gasteiger partial charge in [-0.2, -0.15) is 5.10 Å². The molecule has 0 fully saturated rings. The third-order valence-corrected chi connectivity index (χ3v) is 4.66. The lowest BCUT2D eigenvalue weighted by atomic mass is 10.2. The third-order valence-electron chi connectivity index (χ3n) is 3.20. The molecule has 0 saturated carbocycles. The van der Waals surface area contributed by atoms with Crippen LogP contribution in [0, 0.1) is 6.92 Å². The maximum absolute atomic E-state index is 12.4. The first kappa shape index (κ1) is 17.3. The van der Waals surface area contributed by atoms with Crippen LogP contribution in [0.4, 0.5) is 13.2 Å². The molecule has 1 heterocycles. The number of hydrogen-bond donors (Lipinski definition) is 0. The number of para-hydroxylation sites is 1. The van der Waals surface area contributed by atoms with Gasteiger partial charge in [0.1, 0.15) is 5.75 Å². The third kappa shape index (κ3) is 4.72. The van der Waals surface area contributed by atoms with E-state index in [2.05, 4.69) is 9.84 Å². The molecule has 0 saturated heterocycles. The van der Waals surface area contributed by atoms with Crippen molar-refractivity contribution < 1.29 is 26.3 Å². The van der Waals surface area contributed by atoms with Gasteiger partial charge in [0.15, 0.2) is 9.84 Å². The molecule has 0 amide bonds. The maximum atomic E-state index is 12.4. The van der Waals surface area contributed by atoms with Gasteiger partial charge in [-0.25, -0.2) is 8.42 Å². The summed E-state index contributed by atoms with van der Waals surface area (Å²) in [5.74, 6) is -1.37. The van der Waals surface area contributed by atoms with Crippen molar-refractivity contribution in [1.82, 2.24) is 9.78 Å². The topological polar surface area (TPSA) is 61.2 Å². The molecule has 9 heteroatoms. The molecule has 0 aliphatic rings. The van der Waals surface area contributed by atoms with E-state index in [0.717, 1.165) is 6.07 Å². The fourth-order valence-corrected chi connectivity index (χ4v) is 3.77. The number of hydrogen-bond acceptors (Lipinski definition) is 4. The molecule has 0 N–H and O–H groups in total. The number of alkyl halides is 3. The van der Waals surface area contributed by atoms with E-state index in [-0.39, 0.29) is 11.3 Å². The summed E-state index contributed by atoms with van der Waals surface area (Å²) in [4.78, 5) is 0. The lowest BCUT2D eigenvalue weighted by Gasteiger charge is -2.13. The van der Waals surface area contributed by atoms with Gasteiger partial charge in [0, 0.05) is 12.6 Å². The molecule has 0 unspecified atom stereocenters. The van der Waals surface area contributed by atoms with E-state index in [1.54, 1.807) is 14.0 Å². The lowest BCUT2D eigenvalue weighted by Crippen LogP contribution is -2.19. The summed E-state index contributed by atoms with van der Waals surface area (Å²) < 4.78 is 67.1. The molecular formula is C14H15F3N2O3S. The van der Waals surface area contributed by atoms with Crippen molar-refractivity contribution >= 4 is 9.84 Å². The minimum Gasteiger partial charge on any atom is -0.405 e. The molecule has 126 valence electrons. The molecule has 0 bridgehead atoms. The Balaban J connectivity index is 2.24. The van der Waals surface area contributed by atoms with Gasteiger partial charge in [-0.3, -0.25) is 4.68 Å². The normalized spacial score (nSPS) is 12.4. The smallest absolute Gasteiger partial charge is 0.405 e. The standard InChI is InChI=1S/C14H15F3N2O3S/c1-10-7-18-19(2)12(10)9-23(20,21)8-11-5-3-4-6-13(11)22-14(15,16)17/h3-7H,8-9H2,1-2H3. The van der Waals surface area contributed by atoms with Crippen molar-refractivity contribution in [3.8, 4) is 5.75 Å². The molecule has 0 spiro atoms. The summed E-state index contributed by atoms with van der Waals surface area (Å²) in [6.07, 6.45) is -3.34. The number of nitrogens with zero attached hydrogens (tertiary/aromatic N) is 2. The van der Waals surface area contributed by atoms with E-state index in [0.29, 0.717) is 11.3 Å². The Kier molecular flexibility index (Phi) is 4.69. The average molecular weight is 348 g/mol. The average Bonchev–Trinajstić information content (AvgIpc) is 2.70. The zero-order valence-corrected chi connectivity index (χ0v) is 13.3. The zero-order valence-electron chi connectivity index (χ0n) is 12.5. The number of aryl methyl sites for hydroxylation is 2. The van der Waals surface area contributed by atoms with Crippen molar-refractivity contribution in [2.75, 3.05) is 0 Å². The van der Waals surface area contributed by atoms with Gasteiger partial charge in [0.25, 0.3) is 0 Å². The van der Waals surface area contributed by atoms with Crippen LogP contribution >= 0.6 is 0 Å². The van der Waals surface area contributed by atoms with Crippen LogP contribution in [-0.4, -0.2) is 24.6 Å². The highest BCUT2D eigenvalue weighted by Crippen LogP contribution is 2.28. The first-order valence-electron chi connectivity index (χ1n) is 6.59. The highest BCUT2D eigenvalue weighted by atomic mass is 32.2. The van der Waals surface area contributed by atoms with Gasteiger partial charge >= 0.3 is 6.36 Å². The molecular weight excluding hydrogens is 333 g/mol. The fourth-order valence-electron chi connectivity index (χ4n) is 2.12. The Morgan fingerprint density at radius 3 is 2.43 bits per heavy atom. The highest BCUT2D eigenvalue weighted by Gasteiger charge is 2.32. The van der Waals surface area contributed by atoms with Crippen molar-refractivity contribution in [2.24, 2.45) is 7.05 Å². The first-order chi connectivity index (χ1) is 10.6. The summed E-state index contributed by atoms with van der Waals surface area (Å²) in [7, 11) is -2.08. The Bertz CT molecular complexity index is 778. The van der Waals surface area contributed by atoms with Crippen LogP contribution in [-0.2, 0) is 28.4 Å². The molecule has 0 aliphatic carbocycles. The molecule has 1 aromatic heterocycles. The van der Waals surface area contributed by atoms with Gasteiger partial charge in [-0.1, -0.05) is 18.2 Å². The summed E-state index contributed by atoms with van der Waals surface area (Å²) in [5.41, 5.74) is 1.17. The van der Waals surface area contributed by atoms with E-state index >= 15 is 0 Å². The SMILES string of the molecule is Cc1cnn(C)c1CS(=O)(=O)Cc1ccccc1OC(F)(F)F. The number of ether oxygens (including phenoxy) is 1. The van der Waals surface area contributed by atoms with Crippen molar-refractivity contribution in [2.45, 2.75) is 24.8 Å². The summed E-state index contributed by atoms with van der Waals surface area (Å²) in [6.45, 7) is 1.72. The Morgan fingerprint density at radius 1 is 1.22 bits per heavy atom. The highest BCUT2D eigenvalue weighted by molar-refractivity contribution is 7.89. The Morgan fingerprint density at radius 2 is 1.87 bits per heavy atom. The molecule has 0 radical (unpaired) electrons. The summed E-state index contributed by atoms with van der Waals surface area (Å²) >= 11 is 0. The summed E-state index contributed by atoms with van der Waals surface area (Å²) in [5, 5.41) is 3.95. The Hall–Kier alpha value is -2.03. The van der Waals surface area contributed by atoms with Crippen LogP contribution < -0.4 is 4.74 Å². The lowest BCUT2D eigenvalue weighted by molar-refractivity contribution is -0.274. The Labute approximate surface area is 131 Å². The predicted octanol–water partition coefficient (Wildman–Crippen LogP) is 2.74. The minimum absolute atomic E-state index is 0.0374. The van der Waals surface area contributed by atoms with Gasteiger partial charge in [-0.05, 0) is 18.6 Å². The number of rotatable bonds is 5. The molecule has 0 aliphatic heterocycles. The van der Waals surface area contributed by atoms with Crippen LogP contribution in [0.5, 0.6) is 5.75 Å². The van der Waals surface area contributed by atoms with E-state index in [1.165, 1.54) is 29.1 Å². The molecule has 2 rings (SSSR count). The second-order valence-corrected chi connectivity index (χ2v) is 7.15. The second-order valence-electron chi connectivity index (χ2n) is 5.09. The van der Waals surface area contributed by atoms with Crippen LogP contribution in [0.3, 0.4) is 0 Å². The van der Waals surface area contributed by atoms with Crippen LogP contribution in [0.15, 0.2) is 30.5 Å². The molecule has 1 aromatic carbocycles. The number of sulfone groups is 1. The van der Waals surface area contributed by atoms with E-state index in [9.17, 15) is 21.6 Å².